The van der Waals surface area contributed by atoms with Crippen molar-refractivity contribution in [3.05, 3.63) is 65.6 Å². The van der Waals surface area contributed by atoms with Gasteiger partial charge in [0, 0.05) is 17.1 Å². The van der Waals surface area contributed by atoms with Gasteiger partial charge in [-0.2, -0.15) is 5.01 Å². The van der Waals surface area contributed by atoms with Gasteiger partial charge in [-0.3, -0.25) is 10.2 Å². The molecule has 1 aromatic heterocycles. The largest absolute Gasteiger partial charge is 0.293 e. The topological polar surface area (TPSA) is 58.1 Å². The van der Waals surface area contributed by atoms with E-state index in [1.807, 2.05) is 50.2 Å². The SMILES string of the molecule is C=C1NN(c2nc(C)cc(C)n2)C(=O)[C@H]1Cc1ccccc1. The molecule has 0 spiro atoms. The fourth-order valence-electron chi connectivity index (χ4n) is 2.60. The number of hydrogen-bond acceptors (Lipinski definition) is 4. The van der Waals surface area contributed by atoms with Gasteiger partial charge in [0.1, 0.15) is 0 Å². The summed E-state index contributed by atoms with van der Waals surface area (Å²) < 4.78 is 0. The molecule has 1 aliphatic rings. The maximum atomic E-state index is 12.7. The van der Waals surface area contributed by atoms with Crippen LogP contribution in [0.15, 0.2) is 48.7 Å². The fourth-order valence-corrected chi connectivity index (χ4v) is 2.60. The molecular weight excluding hydrogens is 276 g/mol. The number of carbonyl (C=O) groups excluding carboxylic acids is 1. The highest BCUT2D eigenvalue weighted by molar-refractivity contribution is 5.97. The predicted octanol–water partition coefficient (Wildman–Crippen LogP) is 2.32. The number of anilines is 1. The van der Waals surface area contributed by atoms with Crippen molar-refractivity contribution < 1.29 is 4.79 Å². The lowest BCUT2D eigenvalue weighted by Crippen LogP contribution is -2.36. The van der Waals surface area contributed by atoms with E-state index >= 15 is 0 Å². The Morgan fingerprint density at radius 3 is 2.45 bits per heavy atom. The van der Waals surface area contributed by atoms with Crippen molar-refractivity contribution in [3.63, 3.8) is 0 Å². The molecule has 22 heavy (non-hydrogen) atoms. The Labute approximate surface area is 129 Å². The number of nitrogens with one attached hydrogen (secondary N) is 1. The van der Waals surface area contributed by atoms with E-state index in [4.69, 9.17) is 0 Å². The van der Waals surface area contributed by atoms with Crippen molar-refractivity contribution in [2.75, 3.05) is 5.01 Å². The van der Waals surface area contributed by atoms with Gasteiger partial charge in [0.15, 0.2) is 0 Å². The van der Waals surface area contributed by atoms with E-state index in [-0.39, 0.29) is 11.8 Å². The number of rotatable bonds is 3. The molecule has 5 nitrogen and oxygen atoms in total. The third-order valence-electron chi connectivity index (χ3n) is 3.65. The van der Waals surface area contributed by atoms with Crippen LogP contribution in [-0.2, 0) is 11.2 Å². The summed E-state index contributed by atoms with van der Waals surface area (Å²) in [5.41, 5.74) is 6.45. The Hall–Kier alpha value is -2.69. The number of amides is 1. The number of hydrazine groups is 1. The van der Waals surface area contributed by atoms with Crippen LogP contribution in [0.1, 0.15) is 17.0 Å². The first-order valence-corrected chi connectivity index (χ1v) is 7.20. The normalized spacial score (nSPS) is 17.7. The zero-order chi connectivity index (χ0) is 15.7. The highest BCUT2D eigenvalue weighted by Gasteiger charge is 2.37. The van der Waals surface area contributed by atoms with Gasteiger partial charge < -0.3 is 0 Å². The molecule has 1 saturated heterocycles. The maximum absolute atomic E-state index is 12.7. The molecule has 112 valence electrons. The average Bonchev–Trinajstić information content (AvgIpc) is 2.75. The van der Waals surface area contributed by atoms with Crippen LogP contribution in [0.5, 0.6) is 0 Å². The minimum atomic E-state index is -0.299. The number of aryl methyl sites for hydroxylation is 2. The van der Waals surface area contributed by atoms with Gasteiger partial charge in [-0.15, -0.1) is 0 Å². The Balaban J connectivity index is 1.85. The molecule has 0 radical (unpaired) electrons. The van der Waals surface area contributed by atoms with Gasteiger partial charge in [0.2, 0.25) is 0 Å². The Kier molecular flexibility index (Phi) is 3.63. The smallest absolute Gasteiger partial charge is 0.257 e. The molecule has 1 aliphatic heterocycles. The van der Waals surface area contributed by atoms with E-state index in [1.54, 1.807) is 0 Å². The highest BCUT2D eigenvalue weighted by atomic mass is 16.2. The zero-order valence-corrected chi connectivity index (χ0v) is 12.7. The van der Waals surface area contributed by atoms with Crippen LogP contribution in [0.3, 0.4) is 0 Å². The van der Waals surface area contributed by atoms with Crippen LogP contribution in [0.2, 0.25) is 0 Å². The number of nitrogens with zero attached hydrogens (tertiary/aromatic N) is 3. The second-order valence-electron chi connectivity index (χ2n) is 5.50. The molecule has 0 bridgehead atoms. The summed E-state index contributed by atoms with van der Waals surface area (Å²) in [4.78, 5) is 21.3. The van der Waals surface area contributed by atoms with Crippen LogP contribution in [0.4, 0.5) is 5.95 Å². The Morgan fingerprint density at radius 1 is 1.18 bits per heavy atom. The van der Waals surface area contributed by atoms with E-state index in [0.717, 1.165) is 17.0 Å². The van der Waals surface area contributed by atoms with Gasteiger partial charge >= 0.3 is 0 Å². The fraction of sp³-hybridized carbons (Fsp3) is 0.235. The molecule has 1 fully saturated rings. The van der Waals surface area contributed by atoms with Crippen molar-refractivity contribution in [2.24, 2.45) is 5.92 Å². The lowest BCUT2D eigenvalue weighted by molar-refractivity contribution is -0.120. The summed E-state index contributed by atoms with van der Waals surface area (Å²) in [5, 5.41) is 1.40. The first-order chi connectivity index (χ1) is 10.5. The first kappa shape index (κ1) is 14.3. The predicted molar refractivity (Wildman–Crippen MR) is 84.9 cm³/mol. The molecule has 0 aliphatic carbocycles. The number of hydrogen-bond donors (Lipinski definition) is 1. The summed E-state index contributed by atoms with van der Waals surface area (Å²) in [7, 11) is 0. The van der Waals surface area contributed by atoms with Crippen molar-refractivity contribution in [1.29, 1.82) is 0 Å². The van der Waals surface area contributed by atoms with Gasteiger partial charge in [0.05, 0.1) is 5.92 Å². The number of benzene rings is 1. The molecule has 2 aromatic rings. The van der Waals surface area contributed by atoms with Crippen LogP contribution in [0.25, 0.3) is 0 Å². The molecule has 2 heterocycles. The van der Waals surface area contributed by atoms with E-state index < -0.39 is 0 Å². The van der Waals surface area contributed by atoms with Crippen LogP contribution >= 0.6 is 0 Å². The molecule has 0 saturated carbocycles. The molecule has 1 atom stereocenters. The second-order valence-corrected chi connectivity index (χ2v) is 5.50. The van der Waals surface area contributed by atoms with Gasteiger partial charge in [-0.1, -0.05) is 36.9 Å². The van der Waals surface area contributed by atoms with Crippen molar-refractivity contribution in [2.45, 2.75) is 20.3 Å². The summed E-state index contributed by atoms with van der Waals surface area (Å²) in [6.07, 6.45) is 0.618. The third-order valence-corrected chi connectivity index (χ3v) is 3.65. The van der Waals surface area contributed by atoms with Crippen molar-refractivity contribution >= 4 is 11.9 Å². The van der Waals surface area contributed by atoms with E-state index in [2.05, 4.69) is 22.0 Å². The molecule has 1 aromatic carbocycles. The first-order valence-electron chi connectivity index (χ1n) is 7.20. The quantitative estimate of drug-likeness (QED) is 0.944. The van der Waals surface area contributed by atoms with E-state index in [0.29, 0.717) is 18.1 Å². The lowest BCUT2D eigenvalue weighted by atomic mass is 9.97. The lowest BCUT2D eigenvalue weighted by Gasteiger charge is -2.14. The number of carbonyl (C=O) groups is 1. The summed E-state index contributed by atoms with van der Waals surface area (Å²) >= 11 is 0. The third kappa shape index (κ3) is 2.70. The molecule has 0 unspecified atom stereocenters. The summed E-state index contributed by atoms with van der Waals surface area (Å²) in [5.74, 6) is 0.00452. The van der Waals surface area contributed by atoms with Crippen molar-refractivity contribution in [3.8, 4) is 0 Å². The minimum Gasteiger partial charge on any atom is -0.293 e. The second kappa shape index (κ2) is 5.60. The van der Waals surface area contributed by atoms with E-state index in [9.17, 15) is 4.79 Å². The van der Waals surface area contributed by atoms with Crippen molar-refractivity contribution in [1.82, 2.24) is 15.4 Å². The molecule has 1 amide bonds. The monoisotopic (exact) mass is 294 g/mol. The maximum Gasteiger partial charge on any atom is 0.257 e. The summed E-state index contributed by atoms with van der Waals surface area (Å²) in [6, 6.07) is 11.8. The Bertz CT molecular complexity index is 706. The average molecular weight is 294 g/mol. The number of aromatic nitrogens is 2. The Morgan fingerprint density at radius 2 is 1.82 bits per heavy atom. The van der Waals surface area contributed by atoms with E-state index in [1.165, 1.54) is 5.01 Å². The summed E-state index contributed by atoms with van der Waals surface area (Å²) in [6.45, 7) is 7.74. The zero-order valence-electron chi connectivity index (χ0n) is 12.7. The standard InChI is InChI=1S/C17H18N4O/c1-11-9-12(2)19-17(18-11)21-16(22)15(13(3)20-21)10-14-7-5-4-6-8-14/h4-9,15,20H,3,10H2,1-2H3/t15-/m0/s1. The molecular formula is C17H18N4O. The molecule has 3 rings (SSSR count). The molecule has 5 heteroatoms. The van der Waals surface area contributed by atoms with Crippen LogP contribution < -0.4 is 10.4 Å². The van der Waals surface area contributed by atoms with Gasteiger partial charge in [-0.25, -0.2) is 9.97 Å². The van der Waals surface area contributed by atoms with Crippen LogP contribution in [-0.4, -0.2) is 15.9 Å². The van der Waals surface area contributed by atoms with Crippen LogP contribution in [0, 0.1) is 19.8 Å². The molecule has 1 N–H and O–H groups in total. The van der Waals surface area contributed by atoms with Gasteiger partial charge in [0.25, 0.3) is 11.9 Å². The van der Waals surface area contributed by atoms with Gasteiger partial charge in [-0.05, 0) is 31.9 Å². The highest BCUT2D eigenvalue weighted by Crippen LogP contribution is 2.25. The minimum absolute atomic E-state index is 0.0705.